The molecule has 0 aliphatic carbocycles. The van der Waals surface area contributed by atoms with E-state index in [1.807, 2.05) is 12.1 Å². The lowest BCUT2D eigenvalue weighted by atomic mass is 9.90. The van der Waals surface area contributed by atoms with Crippen LogP contribution in [0.15, 0.2) is 42.5 Å². The molecule has 4 heteroatoms. The molecule has 3 rings (SSSR count). The minimum atomic E-state index is -0.0492. The third-order valence-corrected chi connectivity index (χ3v) is 4.17. The van der Waals surface area contributed by atoms with E-state index in [0.717, 1.165) is 24.8 Å². The SMILES string of the molecule is OCc1ccc(N2CCC(Cc3ccccc3)CC2)nn1. The minimum Gasteiger partial charge on any atom is -0.390 e. The van der Waals surface area contributed by atoms with E-state index in [9.17, 15) is 0 Å². The summed E-state index contributed by atoms with van der Waals surface area (Å²) in [6.07, 6.45) is 3.56. The zero-order chi connectivity index (χ0) is 14.5. The maximum absolute atomic E-state index is 9.00. The normalized spacial score (nSPS) is 16.1. The number of anilines is 1. The molecule has 21 heavy (non-hydrogen) atoms. The van der Waals surface area contributed by atoms with E-state index in [1.54, 1.807) is 0 Å². The Balaban J connectivity index is 1.54. The molecule has 0 atom stereocenters. The molecule has 110 valence electrons. The Hall–Kier alpha value is -1.94. The van der Waals surface area contributed by atoms with E-state index >= 15 is 0 Å². The van der Waals surface area contributed by atoms with Crippen LogP contribution in [0.2, 0.25) is 0 Å². The number of benzene rings is 1. The van der Waals surface area contributed by atoms with Gasteiger partial charge in [-0.15, -0.1) is 5.10 Å². The topological polar surface area (TPSA) is 49.2 Å². The molecule has 0 unspecified atom stereocenters. The van der Waals surface area contributed by atoms with E-state index in [4.69, 9.17) is 5.11 Å². The van der Waals surface area contributed by atoms with Crippen LogP contribution in [0.5, 0.6) is 0 Å². The Morgan fingerprint density at radius 3 is 2.38 bits per heavy atom. The van der Waals surface area contributed by atoms with Crippen LogP contribution in [-0.2, 0) is 13.0 Å². The number of aliphatic hydroxyl groups is 1. The zero-order valence-corrected chi connectivity index (χ0v) is 12.2. The summed E-state index contributed by atoms with van der Waals surface area (Å²) < 4.78 is 0. The number of nitrogens with zero attached hydrogens (tertiary/aromatic N) is 3. The van der Waals surface area contributed by atoms with Crippen molar-refractivity contribution in [2.24, 2.45) is 5.92 Å². The second kappa shape index (κ2) is 6.68. The molecule has 0 saturated carbocycles. The Morgan fingerprint density at radius 1 is 1.00 bits per heavy atom. The molecule has 2 heterocycles. The molecule has 0 spiro atoms. The standard InChI is InChI=1S/C17H21N3O/c21-13-16-6-7-17(19-18-16)20-10-8-15(9-11-20)12-14-4-2-1-3-5-14/h1-7,15,21H,8-13H2. The van der Waals surface area contributed by atoms with Gasteiger partial charge in [-0.2, -0.15) is 5.10 Å². The van der Waals surface area contributed by atoms with Crippen molar-refractivity contribution in [3.63, 3.8) is 0 Å². The molecule has 0 amide bonds. The van der Waals surface area contributed by atoms with Gasteiger partial charge in [0.15, 0.2) is 5.82 Å². The maximum atomic E-state index is 9.00. The molecule has 1 aromatic carbocycles. The quantitative estimate of drug-likeness (QED) is 0.936. The Morgan fingerprint density at radius 2 is 1.76 bits per heavy atom. The predicted octanol–water partition coefficient (Wildman–Crippen LogP) is 2.43. The van der Waals surface area contributed by atoms with Crippen molar-refractivity contribution in [3.8, 4) is 0 Å². The average molecular weight is 283 g/mol. The summed E-state index contributed by atoms with van der Waals surface area (Å²) in [7, 11) is 0. The van der Waals surface area contributed by atoms with Crippen molar-refractivity contribution in [1.29, 1.82) is 0 Å². The molecule has 1 fully saturated rings. The van der Waals surface area contributed by atoms with E-state index in [2.05, 4.69) is 45.4 Å². The van der Waals surface area contributed by atoms with Gasteiger partial charge in [-0.05, 0) is 42.9 Å². The third-order valence-electron chi connectivity index (χ3n) is 4.17. The van der Waals surface area contributed by atoms with Gasteiger partial charge in [0.25, 0.3) is 0 Å². The van der Waals surface area contributed by atoms with Gasteiger partial charge in [-0.1, -0.05) is 30.3 Å². The van der Waals surface area contributed by atoms with Crippen LogP contribution in [0, 0.1) is 5.92 Å². The fourth-order valence-electron chi connectivity index (χ4n) is 2.92. The van der Waals surface area contributed by atoms with Gasteiger partial charge in [-0.25, -0.2) is 0 Å². The second-order valence-electron chi connectivity index (χ2n) is 5.66. The van der Waals surface area contributed by atoms with Crippen LogP contribution < -0.4 is 4.90 Å². The summed E-state index contributed by atoms with van der Waals surface area (Å²) in [6, 6.07) is 14.5. The third kappa shape index (κ3) is 3.58. The molecular weight excluding hydrogens is 262 g/mol. The predicted molar refractivity (Wildman–Crippen MR) is 83.0 cm³/mol. The van der Waals surface area contributed by atoms with Gasteiger partial charge in [-0.3, -0.25) is 0 Å². The van der Waals surface area contributed by atoms with Crippen molar-refractivity contribution >= 4 is 5.82 Å². The Kier molecular flexibility index (Phi) is 4.46. The first kappa shape index (κ1) is 14.0. The smallest absolute Gasteiger partial charge is 0.151 e. The summed E-state index contributed by atoms with van der Waals surface area (Å²) in [5, 5.41) is 17.2. The lowest BCUT2D eigenvalue weighted by Gasteiger charge is -2.32. The highest BCUT2D eigenvalue weighted by Gasteiger charge is 2.20. The summed E-state index contributed by atoms with van der Waals surface area (Å²) in [6.45, 7) is 2.02. The van der Waals surface area contributed by atoms with Gasteiger partial charge in [0.1, 0.15) is 0 Å². The van der Waals surface area contributed by atoms with E-state index < -0.39 is 0 Å². The molecule has 0 radical (unpaired) electrons. The Labute approximate surface area is 125 Å². The lowest BCUT2D eigenvalue weighted by molar-refractivity contribution is 0.275. The van der Waals surface area contributed by atoms with Crippen LogP contribution in [0.3, 0.4) is 0 Å². The van der Waals surface area contributed by atoms with Gasteiger partial charge >= 0.3 is 0 Å². The molecule has 1 N–H and O–H groups in total. The van der Waals surface area contributed by atoms with Crippen LogP contribution >= 0.6 is 0 Å². The van der Waals surface area contributed by atoms with Crippen LogP contribution in [0.25, 0.3) is 0 Å². The number of aromatic nitrogens is 2. The summed E-state index contributed by atoms with van der Waals surface area (Å²) in [5.41, 5.74) is 2.06. The second-order valence-corrected chi connectivity index (χ2v) is 5.66. The number of rotatable bonds is 4. The average Bonchev–Trinajstić information content (AvgIpc) is 2.57. The monoisotopic (exact) mass is 283 g/mol. The van der Waals surface area contributed by atoms with Crippen LogP contribution in [-0.4, -0.2) is 28.4 Å². The minimum absolute atomic E-state index is 0.0492. The summed E-state index contributed by atoms with van der Waals surface area (Å²) >= 11 is 0. The highest BCUT2D eigenvalue weighted by atomic mass is 16.3. The van der Waals surface area contributed by atoms with Crippen LogP contribution in [0.1, 0.15) is 24.1 Å². The fourth-order valence-corrected chi connectivity index (χ4v) is 2.92. The number of piperidine rings is 1. The Bertz CT molecular complexity index is 548. The van der Waals surface area contributed by atoms with E-state index in [1.165, 1.54) is 24.8 Å². The summed E-state index contributed by atoms with van der Waals surface area (Å²) in [4.78, 5) is 2.29. The van der Waals surface area contributed by atoms with Crippen molar-refractivity contribution < 1.29 is 5.11 Å². The molecule has 4 nitrogen and oxygen atoms in total. The molecule has 1 aromatic heterocycles. The zero-order valence-electron chi connectivity index (χ0n) is 12.2. The van der Waals surface area contributed by atoms with Crippen molar-refractivity contribution in [2.45, 2.75) is 25.9 Å². The fraction of sp³-hybridized carbons (Fsp3) is 0.412. The first-order valence-electron chi connectivity index (χ1n) is 7.57. The highest BCUT2D eigenvalue weighted by molar-refractivity contribution is 5.37. The molecule has 1 saturated heterocycles. The van der Waals surface area contributed by atoms with Gasteiger partial charge in [0.05, 0.1) is 12.3 Å². The molecule has 1 aliphatic heterocycles. The van der Waals surface area contributed by atoms with Crippen molar-refractivity contribution in [3.05, 3.63) is 53.7 Å². The number of aliphatic hydroxyl groups excluding tert-OH is 1. The van der Waals surface area contributed by atoms with Gasteiger partial charge < -0.3 is 10.0 Å². The molecule has 1 aliphatic rings. The van der Waals surface area contributed by atoms with E-state index in [0.29, 0.717) is 5.69 Å². The maximum Gasteiger partial charge on any atom is 0.151 e. The number of hydrogen-bond acceptors (Lipinski definition) is 4. The van der Waals surface area contributed by atoms with Crippen molar-refractivity contribution in [1.82, 2.24) is 10.2 Å². The highest BCUT2D eigenvalue weighted by Crippen LogP contribution is 2.24. The molecule has 2 aromatic rings. The first-order chi connectivity index (χ1) is 10.3. The molecular formula is C17H21N3O. The van der Waals surface area contributed by atoms with Crippen molar-refractivity contribution in [2.75, 3.05) is 18.0 Å². The lowest BCUT2D eigenvalue weighted by Crippen LogP contribution is -2.35. The summed E-state index contributed by atoms with van der Waals surface area (Å²) in [5.74, 6) is 1.68. The van der Waals surface area contributed by atoms with Crippen LogP contribution in [0.4, 0.5) is 5.82 Å². The largest absolute Gasteiger partial charge is 0.390 e. The first-order valence-corrected chi connectivity index (χ1v) is 7.57. The van der Waals surface area contributed by atoms with E-state index in [-0.39, 0.29) is 6.61 Å². The molecule has 0 bridgehead atoms. The number of hydrogen-bond donors (Lipinski definition) is 1. The van der Waals surface area contributed by atoms with Gasteiger partial charge in [0.2, 0.25) is 0 Å². The van der Waals surface area contributed by atoms with Gasteiger partial charge in [0, 0.05) is 13.1 Å².